The molecule has 12 heteroatoms. The van der Waals surface area contributed by atoms with Gasteiger partial charge in [0, 0.05) is 28.8 Å². The number of ketones is 1. The van der Waals surface area contributed by atoms with E-state index in [1.807, 2.05) is 45.5 Å². The summed E-state index contributed by atoms with van der Waals surface area (Å²) in [6, 6.07) is 15.3. The molecule has 0 saturated carbocycles. The van der Waals surface area contributed by atoms with Crippen molar-refractivity contribution in [3.8, 4) is 0 Å². The van der Waals surface area contributed by atoms with Gasteiger partial charge in [-0.05, 0) is 109 Å². The topological polar surface area (TPSA) is 113 Å². The van der Waals surface area contributed by atoms with E-state index in [0.717, 1.165) is 52.6 Å². The molecule has 1 N–H and O–H groups in total. The van der Waals surface area contributed by atoms with Crippen LogP contribution in [0.25, 0.3) is 22.7 Å². The van der Waals surface area contributed by atoms with Crippen molar-refractivity contribution in [2.24, 2.45) is 17.8 Å². The fourth-order valence-corrected chi connectivity index (χ4v) is 15.9. The first-order valence-electron chi connectivity index (χ1n) is 35.8. The first-order valence-corrected chi connectivity index (χ1v) is 39.1. The number of halogens is 1. The number of amides is 3. The minimum absolute atomic E-state index is 0.0161. The normalized spacial score (nSPS) is 15.8. The van der Waals surface area contributed by atoms with Gasteiger partial charge < -0.3 is 24.0 Å². The van der Waals surface area contributed by atoms with Crippen LogP contribution in [0.4, 0.5) is 0 Å². The summed E-state index contributed by atoms with van der Waals surface area (Å²) in [5.41, 5.74) is 4.99. The highest BCUT2D eigenvalue weighted by Gasteiger charge is 2.50. The van der Waals surface area contributed by atoms with Crippen LogP contribution in [-0.4, -0.2) is 50.8 Å². The van der Waals surface area contributed by atoms with Crippen LogP contribution in [0.3, 0.4) is 0 Å². The van der Waals surface area contributed by atoms with Gasteiger partial charge in [0.05, 0.1) is 51.1 Å². The lowest BCUT2D eigenvalue weighted by Gasteiger charge is -2.29. The average molecular weight is 1370 g/mol. The predicted molar refractivity (Wildman–Crippen MR) is 385 cm³/mol. The molecule has 3 unspecified atom stereocenters. The fourth-order valence-electron chi connectivity index (χ4n) is 13.4. The van der Waals surface area contributed by atoms with Crippen LogP contribution in [0.1, 0.15) is 300 Å². The summed E-state index contributed by atoms with van der Waals surface area (Å²) in [6.45, 7) is 15.0. The molecule has 0 aromatic carbocycles. The third-order valence-corrected chi connectivity index (χ3v) is 21.6. The molecule has 8 rings (SSSR count). The lowest BCUT2D eigenvalue weighted by molar-refractivity contribution is -0.124. The molecule has 492 valence electrons. The quantitative estimate of drug-likeness (QED) is 0.0268. The van der Waals surface area contributed by atoms with E-state index < -0.39 is 0 Å². The minimum atomic E-state index is -0.222. The number of hydrogen-bond acceptors (Lipinski definition) is 8. The van der Waals surface area contributed by atoms with Gasteiger partial charge in [0.1, 0.15) is 5.70 Å². The van der Waals surface area contributed by atoms with Crippen LogP contribution >= 0.6 is 45.3 Å². The Morgan fingerprint density at radius 1 is 0.438 bits per heavy atom. The smallest absolute Gasteiger partial charge is 0.261 e. The molecule has 3 amide bonds. The fraction of sp³-hybridized carbons (Fsp3) is 0.636. The number of carbonyl (C=O) groups is 4. The van der Waals surface area contributed by atoms with Crippen LogP contribution in [-0.2, 0) is 19.2 Å². The molecule has 3 atom stereocenters. The Bertz CT molecular complexity index is 2600. The maximum Gasteiger partial charge on any atom is 0.261 e. The number of Topliss-reactive ketones (excluding diaryl/α,β-unsaturated/α-hetero) is 1. The Morgan fingerprint density at radius 2 is 0.820 bits per heavy atom. The van der Waals surface area contributed by atoms with E-state index >= 15 is 0 Å². The number of alkyl halides is 1. The molecule has 4 aliphatic rings. The molecule has 0 radical (unpaired) electrons. The van der Waals surface area contributed by atoms with Crippen molar-refractivity contribution in [3.63, 3.8) is 0 Å². The van der Waals surface area contributed by atoms with Gasteiger partial charge in [-0.3, -0.25) is 19.2 Å². The Hall–Kier alpha value is -4.27. The van der Waals surface area contributed by atoms with Crippen molar-refractivity contribution in [2.75, 3.05) is 17.5 Å². The molecular weight excluding hydrogens is 1250 g/mol. The Balaban J connectivity index is 0.000000274. The molecule has 4 aromatic rings. The van der Waals surface area contributed by atoms with Gasteiger partial charge in [0.15, 0.2) is 17.3 Å². The molecular formula is C77H114IN3O6S2. The highest BCUT2D eigenvalue weighted by atomic mass is 127. The van der Waals surface area contributed by atoms with Crippen molar-refractivity contribution in [2.45, 2.75) is 279 Å². The SMILES string of the molecule is CCCCCCCCC(CCCCCC)CN1C(=O)C2=C(c3cccs3)N(CC(CCCCCC)CCCCCCCC)C(=O)C2=C1c1ccco1.CCCCCCCCC(CI)CCCCCC.O=C1CC(c2cccs2)=C2C(=O)NC(c3ccco3)=C12. The summed E-state index contributed by atoms with van der Waals surface area (Å²) in [5.74, 6) is 2.70. The lowest BCUT2D eigenvalue weighted by Crippen LogP contribution is -2.34. The van der Waals surface area contributed by atoms with Gasteiger partial charge in [0.2, 0.25) is 0 Å². The zero-order valence-corrected chi connectivity index (χ0v) is 59.8. The standard InChI is InChI=1S/C46H72N2O3S.C16H33I.C15H9NO3S/c1-5-9-13-17-19-23-29-37(27-21-15-11-7-3)35-47-43(39-31-25-33-51-39)41-42(46(47)50)44(40-32-26-34-52-40)48(45(41)49)36-38(28-22-16-12-8-4)30-24-20-18-14-10-6-2;1-3-5-7-9-10-12-14-16(15-17)13-11-8-6-4-2;17-9-7-8(11-4-2-6-20-11)12-13(9)14(16-15(12)18)10-3-1-5-19-10/h25-26,31-34,37-38H,5-24,27-30,35-36H2,1-4H3;16H,3-15H2,1-2H3;1-6H,7H2,(H,16,18). The van der Waals surface area contributed by atoms with E-state index in [1.54, 1.807) is 29.7 Å². The van der Waals surface area contributed by atoms with Crippen molar-refractivity contribution >= 4 is 91.4 Å². The second-order valence-corrected chi connectivity index (χ2v) is 28.6. The number of nitrogens with one attached hydrogen (secondary N) is 1. The third-order valence-electron chi connectivity index (χ3n) is 18.6. The van der Waals surface area contributed by atoms with Crippen LogP contribution < -0.4 is 5.32 Å². The largest absolute Gasteiger partial charge is 0.463 e. The van der Waals surface area contributed by atoms with Crippen LogP contribution in [0, 0.1) is 17.8 Å². The zero-order chi connectivity index (χ0) is 63.4. The molecule has 89 heavy (non-hydrogen) atoms. The zero-order valence-electron chi connectivity index (χ0n) is 56.0. The number of fused-ring (bicyclic) bond motifs is 2. The number of carbonyl (C=O) groups excluding carboxylic acids is 4. The minimum Gasteiger partial charge on any atom is -0.463 e. The molecule has 0 saturated heterocycles. The lowest BCUT2D eigenvalue weighted by atomic mass is 9.93. The molecule has 0 bridgehead atoms. The van der Waals surface area contributed by atoms with Crippen molar-refractivity contribution in [3.05, 3.63) is 115 Å². The summed E-state index contributed by atoms with van der Waals surface area (Å²) < 4.78 is 12.7. The van der Waals surface area contributed by atoms with E-state index in [0.29, 0.717) is 70.1 Å². The van der Waals surface area contributed by atoms with Gasteiger partial charge in [-0.2, -0.15) is 0 Å². The molecule has 3 aliphatic heterocycles. The number of hydrogen-bond donors (Lipinski definition) is 1. The van der Waals surface area contributed by atoms with Gasteiger partial charge in [0.25, 0.3) is 17.7 Å². The highest BCUT2D eigenvalue weighted by Crippen LogP contribution is 2.49. The van der Waals surface area contributed by atoms with E-state index in [2.05, 4.69) is 80.9 Å². The molecule has 9 nitrogen and oxygen atoms in total. The van der Waals surface area contributed by atoms with Gasteiger partial charge in [-0.1, -0.05) is 269 Å². The number of rotatable bonds is 45. The van der Waals surface area contributed by atoms with E-state index in [1.165, 1.54) is 227 Å². The van der Waals surface area contributed by atoms with Gasteiger partial charge in [-0.25, -0.2) is 0 Å². The van der Waals surface area contributed by atoms with E-state index in [9.17, 15) is 19.2 Å². The van der Waals surface area contributed by atoms with Crippen molar-refractivity contribution in [1.82, 2.24) is 15.1 Å². The maximum atomic E-state index is 14.9. The van der Waals surface area contributed by atoms with Crippen molar-refractivity contribution in [1.29, 1.82) is 0 Å². The number of furan rings is 2. The predicted octanol–water partition coefficient (Wildman–Crippen LogP) is 23.2. The number of nitrogens with zero attached hydrogens (tertiary/aromatic N) is 2. The summed E-state index contributed by atoms with van der Waals surface area (Å²) in [5, 5.41) is 6.77. The second-order valence-electron chi connectivity index (χ2n) is 25.8. The Labute approximate surface area is 560 Å². The summed E-state index contributed by atoms with van der Waals surface area (Å²) in [7, 11) is 0. The van der Waals surface area contributed by atoms with E-state index in [4.69, 9.17) is 8.83 Å². The number of unbranched alkanes of at least 4 members (excludes halogenated alkanes) is 24. The van der Waals surface area contributed by atoms with Gasteiger partial charge in [-0.15, -0.1) is 22.7 Å². The third kappa shape index (κ3) is 23.1. The van der Waals surface area contributed by atoms with Crippen molar-refractivity contribution < 1.29 is 28.0 Å². The molecule has 0 fully saturated rings. The molecule has 7 heterocycles. The first-order chi connectivity index (χ1) is 43.6. The molecule has 0 spiro atoms. The van der Waals surface area contributed by atoms with Crippen LogP contribution in [0.15, 0.2) is 103 Å². The Morgan fingerprint density at radius 3 is 1.22 bits per heavy atom. The van der Waals surface area contributed by atoms with E-state index in [-0.39, 0.29) is 29.9 Å². The summed E-state index contributed by atoms with van der Waals surface area (Å²) in [4.78, 5) is 60.2. The second kappa shape index (κ2) is 42.8. The van der Waals surface area contributed by atoms with Gasteiger partial charge >= 0.3 is 0 Å². The first kappa shape index (κ1) is 73.8. The summed E-state index contributed by atoms with van der Waals surface area (Å²) >= 11 is 5.76. The molecule has 1 aliphatic carbocycles. The average Bonchev–Trinajstić information content (AvgIpc) is 2.23. The van der Waals surface area contributed by atoms with Crippen LogP contribution in [0.5, 0.6) is 0 Å². The Kier molecular flexibility index (Phi) is 35.5. The molecule has 4 aromatic heterocycles. The van der Waals surface area contributed by atoms with Crippen LogP contribution in [0.2, 0.25) is 0 Å². The monoisotopic (exact) mass is 1370 g/mol. The number of allylic oxidation sites excluding steroid dienone is 1. The summed E-state index contributed by atoms with van der Waals surface area (Å²) in [6.07, 6.45) is 50.5. The number of thiophene rings is 2. The maximum absolute atomic E-state index is 14.9. The highest BCUT2D eigenvalue weighted by molar-refractivity contribution is 14.1.